The highest BCUT2D eigenvalue weighted by atomic mass is 32.1. The summed E-state index contributed by atoms with van der Waals surface area (Å²) in [5.74, 6) is 0. The van der Waals surface area contributed by atoms with E-state index in [0.717, 1.165) is 30.3 Å². The number of aryl methyl sites for hydroxylation is 2. The third-order valence-corrected chi connectivity index (χ3v) is 4.20. The monoisotopic (exact) mass is 256 g/mol. The highest BCUT2D eigenvalue weighted by molar-refractivity contribution is 7.11. The number of thiazole rings is 1. The Kier molecular flexibility index (Phi) is 5.56. The summed E-state index contributed by atoms with van der Waals surface area (Å²) in [7, 11) is 0. The van der Waals surface area contributed by atoms with Gasteiger partial charge in [-0.3, -0.25) is 0 Å². The lowest BCUT2D eigenvalue weighted by Gasteiger charge is -2.28. The summed E-state index contributed by atoms with van der Waals surface area (Å²) >= 11 is 1.77. The molecule has 0 saturated heterocycles. The molecule has 0 amide bonds. The smallest absolute Gasteiger partial charge is 0.115 e. The number of hydrogen-bond acceptors (Lipinski definition) is 4. The number of hydrogen-bond donors (Lipinski definition) is 1. The van der Waals surface area contributed by atoms with Crippen LogP contribution in [0.1, 0.15) is 42.8 Å². The molecule has 3 nitrogen and oxygen atoms in total. The molecule has 0 bridgehead atoms. The molecule has 1 aromatic heterocycles. The van der Waals surface area contributed by atoms with Crippen molar-refractivity contribution < 1.29 is 4.74 Å². The van der Waals surface area contributed by atoms with Crippen LogP contribution in [0.3, 0.4) is 0 Å². The van der Waals surface area contributed by atoms with Crippen molar-refractivity contribution in [1.82, 2.24) is 10.3 Å². The highest BCUT2D eigenvalue weighted by Crippen LogP contribution is 2.28. The Bertz CT molecular complexity index is 322. The second-order valence-electron chi connectivity index (χ2n) is 4.56. The molecule has 17 heavy (non-hydrogen) atoms. The van der Waals surface area contributed by atoms with Crippen molar-refractivity contribution >= 4 is 11.3 Å². The summed E-state index contributed by atoms with van der Waals surface area (Å²) in [6, 6.07) is 0. The summed E-state index contributed by atoms with van der Waals surface area (Å²) in [5.41, 5.74) is 0.974. The van der Waals surface area contributed by atoms with Gasteiger partial charge in [-0.15, -0.1) is 11.3 Å². The summed E-state index contributed by atoms with van der Waals surface area (Å²) < 4.78 is 5.60. The van der Waals surface area contributed by atoms with Crippen LogP contribution in [0.5, 0.6) is 0 Å². The van der Waals surface area contributed by atoms with Gasteiger partial charge < -0.3 is 10.1 Å². The van der Waals surface area contributed by atoms with E-state index in [1.807, 2.05) is 6.92 Å². The van der Waals surface area contributed by atoms with Crippen LogP contribution in [0.25, 0.3) is 0 Å². The van der Waals surface area contributed by atoms with Crippen molar-refractivity contribution in [3.8, 4) is 0 Å². The van der Waals surface area contributed by atoms with E-state index >= 15 is 0 Å². The molecule has 1 unspecified atom stereocenters. The number of aromatic nitrogens is 1. The van der Waals surface area contributed by atoms with Gasteiger partial charge in [0.25, 0.3) is 0 Å². The van der Waals surface area contributed by atoms with Gasteiger partial charge in [0.1, 0.15) is 5.01 Å². The molecule has 0 aliphatic rings. The van der Waals surface area contributed by atoms with Gasteiger partial charge in [-0.2, -0.15) is 0 Å². The Balaban J connectivity index is 2.87. The SMILES string of the molecule is CCCNC(C)(COCC)c1nc(C)c(C)s1. The Morgan fingerprint density at radius 2 is 2.06 bits per heavy atom. The van der Waals surface area contributed by atoms with Crippen molar-refractivity contribution in [3.63, 3.8) is 0 Å². The maximum atomic E-state index is 5.60. The maximum absolute atomic E-state index is 5.60. The van der Waals surface area contributed by atoms with Crippen LogP contribution >= 0.6 is 11.3 Å². The van der Waals surface area contributed by atoms with Crippen LogP contribution in [-0.2, 0) is 10.3 Å². The van der Waals surface area contributed by atoms with E-state index in [-0.39, 0.29) is 5.54 Å². The lowest BCUT2D eigenvalue weighted by Crippen LogP contribution is -2.44. The van der Waals surface area contributed by atoms with Gasteiger partial charge in [-0.25, -0.2) is 4.98 Å². The van der Waals surface area contributed by atoms with Crippen molar-refractivity contribution in [2.75, 3.05) is 19.8 Å². The molecule has 98 valence electrons. The fourth-order valence-corrected chi connectivity index (χ4v) is 2.63. The van der Waals surface area contributed by atoms with Gasteiger partial charge in [0, 0.05) is 11.5 Å². The van der Waals surface area contributed by atoms with Gasteiger partial charge >= 0.3 is 0 Å². The van der Waals surface area contributed by atoms with Gasteiger partial charge in [0.05, 0.1) is 17.8 Å². The molecular formula is C13H24N2OS. The van der Waals surface area contributed by atoms with Crippen LogP contribution in [0.15, 0.2) is 0 Å². The van der Waals surface area contributed by atoms with Gasteiger partial charge in [0.2, 0.25) is 0 Å². The molecule has 0 aliphatic carbocycles. The quantitative estimate of drug-likeness (QED) is 0.814. The van der Waals surface area contributed by atoms with Crippen molar-refractivity contribution in [2.24, 2.45) is 0 Å². The Hall–Kier alpha value is -0.450. The average Bonchev–Trinajstić information content (AvgIpc) is 2.65. The molecule has 0 spiro atoms. The van der Waals surface area contributed by atoms with Crippen LogP contribution in [0.4, 0.5) is 0 Å². The topological polar surface area (TPSA) is 34.1 Å². The fourth-order valence-electron chi connectivity index (χ4n) is 1.60. The molecule has 4 heteroatoms. The zero-order valence-corrected chi connectivity index (χ0v) is 12.4. The maximum Gasteiger partial charge on any atom is 0.115 e. The predicted molar refractivity (Wildman–Crippen MR) is 73.7 cm³/mol. The van der Waals surface area contributed by atoms with E-state index in [1.54, 1.807) is 11.3 Å². The summed E-state index contributed by atoms with van der Waals surface area (Å²) in [5, 5.41) is 4.69. The standard InChI is InChI=1S/C13H24N2OS/c1-6-8-14-13(5,9-16-7-2)12-15-10(3)11(4)17-12/h14H,6-9H2,1-5H3. The molecule has 0 saturated carbocycles. The third kappa shape index (κ3) is 3.76. The summed E-state index contributed by atoms with van der Waals surface area (Å²) in [6.07, 6.45) is 1.12. The predicted octanol–water partition coefficient (Wildman–Crippen LogP) is 3.01. The largest absolute Gasteiger partial charge is 0.379 e. The summed E-state index contributed by atoms with van der Waals surface area (Å²) in [6.45, 7) is 13.0. The third-order valence-electron chi connectivity index (χ3n) is 2.86. The van der Waals surface area contributed by atoms with Crippen LogP contribution in [0, 0.1) is 13.8 Å². The van der Waals surface area contributed by atoms with E-state index in [9.17, 15) is 0 Å². The first-order valence-electron chi connectivity index (χ1n) is 6.30. The molecular weight excluding hydrogens is 232 g/mol. The molecule has 0 fully saturated rings. The first-order chi connectivity index (χ1) is 8.03. The van der Waals surface area contributed by atoms with Crippen LogP contribution in [-0.4, -0.2) is 24.7 Å². The minimum absolute atomic E-state index is 0.157. The second-order valence-corrected chi connectivity index (χ2v) is 5.76. The van der Waals surface area contributed by atoms with Gasteiger partial charge in [0.15, 0.2) is 0 Å². The second kappa shape index (κ2) is 6.47. The molecule has 1 heterocycles. The average molecular weight is 256 g/mol. The Morgan fingerprint density at radius 3 is 2.53 bits per heavy atom. The van der Waals surface area contributed by atoms with Crippen LogP contribution in [0.2, 0.25) is 0 Å². The zero-order chi connectivity index (χ0) is 12.9. The first kappa shape index (κ1) is 14.6. The number of nitrogens with zero attached hydrogens (tertiary/aromatic N) is 1. The normalized spacial score (nSPS) is 14.9. The molecule has 1 aromatic rings. The van der Waals surface area contributed by atoms with Crippen molar-refractivity contribution in [3.05, 3.63) is 15.6 Å². The fraction of sp³-hybridized carbons (Fsp3) is 0.769. The van der Waals surface area contributed by atoms with Crippen molar-refractivity contribution in [1.29, 1.82) is 0 Å². The Labute approximate surface area is 109 Å². The van der Waals surface area contributed by atoms with Gasteiger partial charge in [-0.1, -0.05) is 6.92 Å². The number of nitrogens with one attached hydrogen (secondary N) is 1. The lowest BCUT2D eigenvalue weighted by atomic mass is 10.0. The first-order valence-corrected chi connectivity index (χ1v) is 7.12. The molecule has 0 radical (unpaired) electrons. The molecule has 1 N–H and O–H groups in total. The molecule has 0 aliphatic heterocycles. The van der Waals surface area contributed by atoms with E-state index in [0.29, 0.717) is 6.61 Å². The summed E-state index contributed by atoms with van der Waals surface area (Å²) in [4.78, 5) is 5.96. The van der Waals surface area contributed by atoms with Crippen molar-refractivity contribution in [2.45, 2.75) is 46.6 Å². The van der Waals surface area contributed by atoms with E-state index < -0.39 is 0 Å². The van der Waals surface area contributed by atoms with Crippen LogP contribution < -0.4 is 5.32 Å². The number of ether oxygens (including phenoxy) is 1. The minimum Gasteiger partial charge on any atom is -0.379 e. The zero-order valence-electron chi connectivity index (χ0n) is 11.6. The molecule has 1 rings (SSSR count). The van der Waals surface area contributed by atoms with Gasteiger partial charge in [-0.05, 0) is 40.7 Å². The Morgan fingerprint density at radius 1 is 1.35 bits per heavy atom. The molecule has 1 atom stereocenters. The number of rotatable bonds is 7. The van der Waals surface area contributed by atoms with E-state index in [2.05, 4.69) is 38.0 Å². The molecule has 0 aromatic carbocycles. The van der Waals surface area contributed by atoms with E-state index in [1.165, 1.54) is 4.88 Å². The minimum atomic E-state index is -0.157. The highest BCUT2D eigenvalue weighted by Gasteiger charge is 2.29. The lowest BCUT2D eigenvalue weighted by molar-refractivity contribution is 0.0831. The van der Waals surface area contributed by atoms with E-state index in [4.69, 9.17) is 4.74 Å².